The molecule has 0 aliphatic rings. The zero-order valence-electron chi connectivity index (χ0n) is 9.38. The molecule has 17 heavy (non-hydrogen) atoms. The van der Waals surface area contributed by atoms with Gasteiger partial charge in [-0.2, -0.15) is 13.2 Å². The SMILES string of the molecule is COc1ccccc1SCCNCC(F)(F)F. The number of thioether (sulfide) groups is 1. The van der Waals surface area contributed by atoms with Crippen LogP contribution in [0.1, 0.15) is 0 Å². The molecule has 6 heteroatoms. The fourth-order valence-electron chi connectivity index (χ4n) is 1.20. The molecular weight excluding hydrogens is 251 g/mol. The summed E-state index contributed by atoms with van der Waals surface area (Å²) in [5, 5.41) is 2.35. The monoisotopic (exact) mass is 265 g/mol. The van der Waals surface area contributed by atoms with Gasteiger partial charge in [-0.25, -0.2) is 0 Å². The number of hydrogen-bond acceptors (Lipinski definition) is 3. The van der Waals surface area contributed by atoms with Crippen molar-refractivity contribution < 1.29 is 17.9 Å². The molecule has 0 aliphatic heterocycles. The van der Waals surface area contributed by atoms with Crippen molar-refractivity contribution in [2.45, 2.75) is 11.1 Å². The van der Waals surface area contributed by atoms with E-state index in [2.05, 4.69) is 5.32 Å². The second-order valence-electron chi connectivity index (χ2n) is 3.29. The molecule has 0 atom stereocenters. The van der Waals surface area contributed by atoms with E-state index in [0.29, 0.717) is 12.3 Å². The third-order valence-electron chi connectivity index (χ3n) is 1.93. The zero-order chi connectivity index (χ0) is 12.7. The molecule has 0 fully saturated rings. The standard InChI is InChI=1S/C11H14F3NOS/c1-16-9-4-2-3-5-10(9)17-7-6-15-8-11(12,13)14/h2-5,15H,6-8H2,1H3. The molecule has 96 valence electrons. The van der Waals surface area contributed by atoms with Crippen LogP contribution >= 0.6 is 11.8 Å². The van der Waals surface area contributed by atoms with E-state index < -0.39 is 12.7 Å². The third-order valence-corrected chi connectivity index (χ3v) is 2.99. The number of rotatable bonds is 6. The van der Waals surface area contributed by atoms with Crippen LogP contribution in [0.3, 0.4) is 0 Å². The van der Waals surface area contributed by atoms with Crippen LogP contribution < -0.4 is 10.1 Å². The van der Waals surface area contributed by atoms with Crippen molar-refractivity contribution in [1.29, 1.82) is 0 Å². The van der Waals surface area contributed by atoms with Gasteiger partial charge >= 0.3 is 6.18 Å². The van der Waals surface area contributed by atoms with Gasteiger partial charge in [-0.05, 0) is 12.1 Å². The van der Waals surface area contributed by atoms with Crippen molar-refractivity contribution in [3.63, 3.8) is 0 Å². The average Bonchev–Trinajstić information content (AvgIpc) is 2.27. The van der Waals surface area contributed by atoms with Gasteiger partial charge in [0.2, 0.25) is 0 Å². The van der Waals surface area contributed by atoms with E-state index in [1.54, 1.807) is 7.11 Å². The predicted octanol–water partition coefficient (Wildman–Crippen LogP) is 2.94. The van der Waals surface area contributed by atoms with Crippen LogP contribution in [0.15, 0.2) is 29.2 Å². The lowest BCUT2D eigenvalue weighted by Gasteiger charge is -2.09. The Hall–Kier alpha value is -0.880. The van der Waals surface area contributed by atoms with Crippen molar-refractivity contribution >= 4 is 11.8 Å². The number of halogens is 3. The summed E-state index contributed by atoms with van der Waals surface area (Å²) in [5.41, 5.74) is 0. The van der Waals surface area contributed by atoms with Crippen LogP contribution in [0.2, 0.25) is 0 Å². The molecule has 0 heterocycles. The van der Waals surface area contributed by atoms with Crippen LogP contribution in [-0.4, -0.2) is 32.1 Å². The minimum Gasteiger partial charge on any atom is -0.496 e. The van der Waals surface area contributed by atoms with Crippen LogP contribution in [-0.2, 0) is 0 Å². The fraction of sp³-hybridized carbons (Fsp3) is 0.455. The van der Waals surface area contributed by atoms with Gasteiger partial charge in [-0.3, -0.25) is 0 Å². The van der Waals surface area contributed by atoms with Gasteiger partial charge < -0.3 is 10.1 Å². The minimum absolute atomic E-state index is 0.308. The molecule has 0 saturated carbocycles. The first-order chi connectivity index (χ1) is 8.03. The number of para-hydroxylation sites is 1. The topological polar surface area (TPSA) is 21.3 Å². The lowest BCUT2D eigenvalue weighted by Crippen LogP contribution is -2.30. The molecule has 1 rings (SSSR count). The Morgan fingerprint density at radius 1 is 1.29 bits per heavy atom. The summed E-state index contributed by atoms with van der Waals surface area (Å²) >= 11 is 1.47. The number of hydrogen-bond donors (Lipinski definition) is 1. The quantitative estimate of drug-likeness (QED) is 0.631. The molecule has 0 spiro atoms. The molecule has 1 aromatic carbocycles. The Kier molecular flexibility index (Phi) is 5.64. The van der Waals surface area contributed by atoms with Gasteiger partial charge in [0.1, 0.15) is 5.75 Å². The summed E-state index contributed by atoms with van der Waals surface area (Å²) in [6, 6.07) is 7.43. The van der Waals surface area contributed by atoms with Gasteiger partial charge in [0.25, 0.3) is 0 Å². The molecule has 0 aromatic heterocycles. The lowest BCUT2D eigenvalue weighted by molar-refractivity contribution is -0.124. The van der Waals surface area contributed by atoms with E-state index in [9.17, 15) is 13.2 Å². The number of alkyl halides is 3. The van der Waals surface area contributed by atoms with Gasteiger partial charge in [0.05, 0.1) is 13.7 Å². The van der Waals surface area contributed by atoms with E-state index in [-0.39, 0.29) is 0 Å². The third kappa shape index (κ3) is 5.83. The first-order valence-corrected chi connectivity index (χ1v) is 6.05. The normalized spacial score (nSPS) is 11.5. The molecule has 0 unspecified atom stereocenters. The average molecular weight is 265 g/mol. The number of ether oxygens (including phenoxy) is 1. The van der Waals surface area contributed by atoms with Crippen molar-refractivity contribution in [3.8, 4) is 5.75 Å². The van der Waals surface area contributed by atoms with Gasteiger partial charge in [0, 0.05) is 17.2 Å². The van der Waals surface area contributed by atoms with Crippen LogP contribution in [0.5, 0.6) is 5.75 Å². The largest absolute Gasteiger partial charge is 0.496 e. The highest BCUT2D eigenvalue weighted by molar-refractivity contribution is 7.99. The molecular formula is C11H14F3NOS. The van der Waals surface area contributed by atoms with Crippen LogP contribution in [0.4, 0.5) is 13.2 Å². The van der Waals surface area contributed by atoms with Crippen LogP contribution in [0, 0.1) is 0 Å². The summed E-state index contributed by atoms with van der Waals surface area (Å²) in [4.78, 5) is 0.934. The number of methoxy groups -OCH3 is 1. The van der Waals surface area contributed by atoms with Gasteiger partial charge in [-0.1, -0.05) is 12.1 Å². The summed E-state index contributed by atoms with van der Waals surface area (Å²) in [5.74, 6) is 1.31. The van der Waals surface area contributed by atoms with Crippen molar-refractivity contribution in [3.05, 3.63) is 24.3 Å². The van der Waals surface area contributed by atoms with Gasteiger partial charge in [-0.15, -0.1) is 11.8 Å². The lowest BCUT2D eigenvalue weighted by atomic mass is 10.3. The predicted molar refractivity (Wildman–Crippen MR) is 62.6 cm³/mol. The maximum absolute atomic E-state index is 11.8. The first kappa shape index (κ1) is 14.2. The van der Waals surface area contributed by atoms with Crippen LogP contribution in [0.25, 0.3) is 0 Å². The maximum atomic E-state index is 11.8. The Labute approximate surface area is 103 Å². The first-order valence-electron chi connectivity index (χ1n) is 5.06. The molecule has 2 nitrogen and oxygen atoms in total. The Balaban J connectivity index is 2.27. The highest BCUT2D eigenvalue weighted by Gasteiger charge is 2.25. The number of benzene rings is 1. The highest BCUT2D eigenvalue weighted by atomic mass is 32.2. The van der Waals surface area contributed by atoms with E-state index in [0.717, 1.165) is 10.6 Å². The molecule has 1 aromatic rings. The molecule has 0 amide bonds. The Morgan fingerprint density at radius 3 is 2.65 bits per heavy atom. The smallest absolute Gasteiger partial charge is 0.401 e. The maximum Gasteiger partial charge on any atom is 0.401 e. The second-order valence-corrected chi connectivity index (χ2v) is 4.43. The van der Waals surface area contributed by atoms with E-state index in [1.165, 1.54) is 11.8 Å². The summed E-state index contributed by atoms with van der Waals surface area (Å²) in [7, 11) is 1.57. The summed E-state index contributed by atoms with van der Waals surface area (Å²) in [6.07, 6.45) is -4.14. The summed E-state index contributed by atoms with van der Waals surface area (Å²) in [6.45, 7) is -0.637. The Morgan fingerprint density at radius 2 is 2.00 bits per heavy atom. The molecule has 1 N–H and O–H groups in total. The van der Waals surface area contributed by atoms with E-state index in [1.807, 2.05) is 24.3 Å². The van der Waals surface area contributed by atoms with Crippen molar-refractivity contribution in [1.82, 2.24) is 5.32 Å². The zero-order valence-corrected chi connectivity index (χ0v) is 10.2. The molecule has 0 saturated heterocycles. The Bertz CT molecular complexity index is 344. The molecule has 0 radical (unpaired) electrons. The number of nitrogens with one attached hydrogen (secondary N) is 1. The molecule has 0 bridgehead atoms. The molecule has 0 aliphatic carbocycles. The highest BCUT2D eigenvalue weighted by Crippen LogP contribution is 2.28. The fourth-order valence-corrected chi connectivity index (χ4v) is 2.14. The minimum atomic E-state index is -4.14. The summed E-state index contributed by atoms with van der Waals surface area (Å²) < 4.78 is 40.6. The van der Waals surface area contributed by atoms with Crippen molar-refractivity contribution in [2.75, 3.05) is 26.0 Å². The van der Waals surface area contributed by atoms with E-state index in [4.69, 9.17) is 4.74 Å². The van der Waals surface area contributed by atoms with E-state index >= 15 is 0 Å². The second kappa shape index (κ2) is 6.76. The van der Waals surface area contributed by atoms with Crippen molar-refractivity contribution in [2.24, 2.45) is 0 Å². The van der Waals surface area contributed by atoms with Gasteiger partial charge in [0.15, 0.2) is 0 Å².